The number of alkyl carbamates (subject to hydrolysis) is 1. The number of carboxylic acid groups (broad SMARTS) is 1. The smallest absolute Gasteiger partial charge is 0.408 e. The van der Waals surface area contributed by atoms with Gasteiger partial charge in [0, 0.05) is 23.5 Å². The van der Waals surface area contributed by atoms with Crippen LogP contribution in [0.25, 0.3) is 21.7 Å². The maximum atomic E-state index is 13.7. The first kappa shape index (κ1) is 32.7. The lowest BCUT2D eigenvalue weighted by Crippen LogP contribution is -2.53. The van der Waals surface area contributed by atoms with Crippen LogP contribution < -0.4 is 15.5 Å². The lowest BCUT2D eigenvalue weighted by Gasteiger charge is -2.28. The van der Waals surface area contributed by atoms with E-state index in [4.69, 9.17) is 4.74 Å². The van der Waals surface area contributed by atoms with Gasteiger partial charge in [0.05, 0.1) is 0 Å². The molecule has 0 saturated heterocycles. The number of rotatable bonds is 9. The highest BCUT2D eigenvalue weighted by molar-refractivity contribution is 6.14. The Balaban J connectivity index is 1.54. The molecule has 12 heteroatoms. The van der Waals surface area contributed by atoms with Crippen LogP contribution in [0.4, 0.5) is 22.1 Å². The Morgan fingerprint density at radius 3 is 2.32 bits per heavy atom. The molecular formula is C35H38N6O6. The van der Waals surface area contributed by atoms with Crippen molar-refractivity contribution in [1.82, 2.24) is 20.3 Å². The van der Waals surface area contributed by atoms with Crippen LogP contribution >= 0.6 is 0 Å². The fourth-order valence-electron chi connectivity index (χ4n) is 5.25. The molecule has 0 radical (unpaired) electrons. The summed E-state index contributed by atoms with van der Waals surface area (Å²) < 4.78 is 5.33. The number of carboxylic acids is 1. The minimum atomic E-state index is -1.41. The molecule has 2 heterocycles. The first-order chi connectivity index (χ1) is 22.2. The monoisotopic (exact) mass is 638 g/mol. The van der Waals surface area contributed by atoms with Gasteiger partial charge in [0.15, 0.2) is 5.82 Å². The summed E-state index contributed by atoms with van der Waals surface area (Å²) in [6.07, 6.45) is 0.787. The predicted octanol–water partition coefficient (Wildman–Crippen LogP) is 6.58. The number of aromatic amines is 2. The molecule has 47 heavy (non-hydrogen) atoms. The Labute approximate surface area is 271 Å². The SMILES string of the molecule is CCC(=O)N(c1c[nH]c(C(C(=O)O)c2ccc3ccccc3c2)n1)c1c(NC(=O)C(C)(C)NC(=O)OC(C)(C)C)[nH]c2ccccc12. The van der Waals surface area contributed by atoms with Crippen molar-refractivity contribution in [3.05, 3.63) is 84.3 Å². The zero-order chi connectivity index (χ0) is 34.1. The number of nitrogens with one attached hydrogen (secondary N) is 4. The van der Waals surface area contributed by atoms with E-state index in [0.29, 0.717) is 22.2 Å². The van der Waals surface area contributed by atoms with Crippen LogP contribution in [0.3, 0.4) is 0 Å². The molecule has 0 aliphatic heterocycles. The summed E-state index contributed by atoms with van der Waals surface area (Å²) in [6.45, 7) is 9.91. The summed E-state index contributed by atoms with van der Waals surface area (Å²) in [7, 11) is 0. The molecule has 5 rings (SSSR count). The molecule has 12 nitrogen and oxygen atoms in total. The van der Waals surface area contributed by atoms with Gasteiger partial charge in [0.1, 0.15) is 34.4 Å². The van der Waals surface area contributed by atoms with Crippen molar-refractivity contribution in [2.45, 2.75) is 65.0 Å². The van der Waals surface area contributed by atoms with Gasteiger partial charge in [-0.1, -0.05) is 61.5 Å². The topological polar surface area (TPSA) is 170 Å². The summed E-state index contributed by atoms with van der Waals surface area (Å²) in [5.41, 5.74) is -0.724. The Morgan fingerprint density at radius 2 is 1.64 bits per heavy atom. The predicted molar refractivity (Wildman–Crippen MR) is 180 cm³/mol. The zero-order valence-corrected chi connectivity index (χ0v) is 27.1. The summed E-state index contributed by atoms with van der Waals surface area (Å²) in [5.74, 6) is -2.74. The van der Waals surface area contributed by atoms with E-state index < -0.39 is 35.0 Å². The highest BCUT2D eigenvalue weighted by atomic mass is 16.6. The molecule has 2 aromatic heterocycles. The molecule has 1 atom stereocenters. The summed E-state index contributed by atoms with van der Waals surface area (Å²) in [5, 5.41) is 18.2. The number of aliphatic carboxylic acids is 1. The molecule has 5 N–H and O–H groups in total. The van der Waals surface area contributed by atoms with E-state index in [1.807, 2.05) is 42.5 Å². The first-order valence-corrected chi connectivity index (χ1v) is 15.2. The molecule has 5 aromatic rings. The lowest BCUT2D eigenvalue weighted by molar-refractivity contribution is -0.137. The van der Waals surface area contributed by atoms with Crippen LogP contribution in [-0.4, -0.2) is 55.1 Å². The fraction of sp³-hybridized carbons (Fsp3) is 0.286. The molecular weight excluding hydrogens is 600 g/mol. The molecule has 244 valence electrons. The Hall–Kier alpha value is -5.65. The number of benzene rings is 3. The average Bonchev–Trinajstić information content (AvgIpc) is 3.61. The number of carbonyl (C=O) groups is 4. The molecule has 3 amide bonds. The quantitative estimate of drug-likeness (QED) is 0.121. The minimum absolute atomic E-state index is 0.0772. The molecule has 0 bridgehead atoms. The molecule has 3 aromatic carbocycles. The highest BCUT2D eigenvalue weighted by Crippen LogP contribution is 2.40. The number of aromatic nitrogens is 3. The third-order valence-corrected chi connectivity index (χ3v) is 7.51. The maximum Gasteiger partial charge on any atom is 0.408 e. The zero-order valence-electron chi connectivity index (χ0n) is 27.1. The lowest BCUT2D eigenvalue weighted by atomic mass is 9.96. The second kappa shape index (κ2) is 12.6. The van der Waals surface area contributed by atoms with Gasteiger partial charge in [-0.25, -0.2) is 9.78 Å². The first-order valence-electron chi connectivity index (χ1n) is 15.2. The van der Waals surface area contributed by atoms with Gasteiger partial charge in [-0.05, 0) is 63.1 Å². The van der Waals surface area contributed by atoms with Crippen LogP contribution in [0.5, 0.6) is 0 Å². The van der Waals surface area contributed by atoms with Gasteiger partial charge in [-0.3, -0.25) is 19.3 Å². The summed E-state index contributed by atoms with van der Waals surface area (Å²) in [4.78, 5) is 64.5. The molecule has 1 unspecified atom stereocenters. The standard InChI is InChI=1S/C35H38N6O6/c1-7-26(42)41(25-19-36-29(38-25)27(31(43)44)22-17-16-20-12-8-9-13-21(20)18-22)28-23-14-10-11-15-24(23)37-30(28)39-32(45)35(5,6)40-33(46)47-34(2,3)4/h8-19,27,37H,7H2,1-6H3,(H,36,38)(H,39,45)(H,40,46)(H,43,44). The van der Waals surface area contributed by atoms with Gasteiger partial charge < -0.3 is 30.4 Å². The summed E-state index contributed by atoms with van der Waals surface area (Å²) >= 11 is 0. The van der Waals surface area contributed by atoms with Crippen LogP contribution in [-0.2, 0) is 19.1 Å². The van der Waals surface area contributed by atoms with E-state index in [2.05, 4.69) is 25.6 Å². The molecule has 0 spiro atoms. The van der Waals surface area contributed by atoms with Gasteiger partial charge in [0.25, 0.3) is 5.91 Å². The fourth-order valence-corrected chi connectivity index (χ4v) is 5.25. The van der Waals surface area contributed by atoms with E-state index in [0.717, 1.165) is 10.8 Å². The maximum absolute atomic E-state index is 13.7. The number of imidazole rings is 1. The Bertz CT molecular complexity index is 1990. The number of nitrogens with zero attached hydrogens (tertiary/aromatic N) is 2. The van der Waals surface area contributed by atoms with Crippen LogP contribution in [0.1, 0.15) is 65.3 Å². The number of H-pyrrole nitrogens is 2. The molecule has 0 fully saturated rings. The number of fused-ring (bicyclic) bond motifs is 2. The van der Waals surface area contributed by atoms with E-state index in [-0.39, 0.29) is 29.8 Å². The molecule has 0 aliphatic carbocycles. The third-order valence-electron chi connectivity index (χ3n) is 7.51. The minimum Gasteiger partial charge on any atom is -0.480 e. The number of hydrogen-bond donors (Lipinski definition) is 5. The van der Waals surface area contributed by atoms with Gasteiger partial charge >= 0.3 is 12.1 Å². The number of hydrogen-bond acceptors (Lipinski definition) is 6. The largest absolute Gasteiger partial charge is 0.480 e. The average molecular weight is 639 g/mol. The van der Waals surface area contributed by atoms with Gasteiger partial charge in [0.2, 0.25) is 5.91 Å². The van der Waals surface area contributed by atoms with Crippen LogP contribution in [0, 0.1) is 0 Å². The van der Waals surface area contributed by atoms with Crippen molar-refractivity contribution in [2.24, 2.45) is 0 Å². The van der Waals surface area contributed by atoms with E-state index >= 15 is 0 Å². The van der Waals surface area contributed by atoms with E-state index in [9.17, 15) is 24.3 Å². The van der Waals surface area contributed by atoms with Crippen molar-refractivity contribution in [3.63, 3.8) is 0 Å². The number of anilines is 3. The molecule has 0 saturated carbocycles. The van der Waals surface area contributed by atoms with Gasteiger partial charge in [-0.15, -0.1) is 0 Å². The van der Waals surface area contributed by atoms with Crippen molar-refractivity contribution in [1.29, 1.82) is 0 Å². The van der Waals surface area contributed by atoms with Crippen molar-refractivity contribution in [3.8, 4) is 0 Å². The number of ether oxygens (including phenoxy) is 1. The second-order valence-corrected chi connectivity index (χ2v) is 12.7. The van der Waals surface area contributed by atoms with Gasteiger partial charge in [-0.2, -0.15) is 0 Å². The van der Waals surface area contributed by atoms with Crippen molar-refractivity contribution >= 4 is 62.9 Å². The number of amides is 3. The molecule has 0 aliphatic rings. The third kappa shape index (κ3) is 6.96. The van der Waals surface area contributed by atoms with Crippen LogP contribution in [0.15, 0.2) is 72.9 Å². The van der Waals surface area contributed by atoms with Crippen LogP contribution in [0.2, 0.25) is 0 Å². The van der Waals surface area contributed by atoms with Crippen molar-refractivity contribution in [2.75, 3.05) is 10.2 Å². The number of carbonyl (C=O) groups excluding carboxylic acids is 3. The normalized spacial score (nSPS) is 12.5. The number of para-hydroxylation sites is 1. The van der Waals surface area contributed by atoms with E-state index in [1.54, 1.807) is 52.0 Å². The Morgan fingerprint density at radius 1 is 0.957 bits per heavy atom. The van der Waals surface area contributed by atoms with E-state index in [1.165, 1.54) is 24.9 Å². The summed E-state index contributed by atoms with van der Waals surface area (Å²) in [6, 6.07) is 20.3. The highest BCUT2D eigenvalue weighted by Gasteiger charge is 2.35. The second-order valence-electron chi connectivity index (χ2n) is 12.7. The Kier molecular flexibility index (Phi) is 8.79. The van der Waals surface area contributed by atoms with Crippen molar-refractivity contribution < 1.29 is 29.0 Å².